The Labute approximate surface area is 117 Å². The van der Waals surface area contributed by atoms with Crippen LogP contribution >= 0.6 is 11.3 Å². The van der Waals surface area contributed by atoms with Gasteiger partial charge in [-0.1, -0.05) is 0 Å². The number of anilines is 1. The molecule has 1 amide bonds. The maximum Gasteiger partial charge on any atom is 0.244 e. The van der Waals surface area contributed by atoms with Crippen LogP contribution in [0, 0.1) is 0 Å². The zero-order valence-corrected chi connectivity index (χ0v) is 12.3. The minimum absolute atomic E-state index is 0.110. The lowest BCUT2D eigenvalue weighted by Gasteiger charge is -2.23. The summed E-state index contributed by atoms with van der Waals surface area (Å²) in [7, 11) is 0. The Balaban J connectivity index is 2.16. The summed E-state index contributed by atoms with van der Waals surface area (Å²) < 4.78 is 1.18. The molecule has 1 atom stereocenters. The van der Waals surface area contributed by atoms with E-state index in [1.54, 1.807) is 17.5 Å². The quantitative estimate of drug-likeness (QED) is 0.914. The number of fused-ring (bicyclic) bond motifs is 1. The Bertz CT molecular complexity index is 563. The lowest BCUT2D eigenvalue weighted by Crippen LogP contribution is -2.41. The van der Waals surface area contributed by atoms with Crippen molar-refractivity contribution in [3.63, 3.8) is 0 Å². The highest BCUT2D eigenvalue weighted by Crippen LogP contribution is 2.26. The summed E-state index contributed by atoms with van der Waals surface area (Å²) >= 11 is 1.68. The van der Waals surface area contributed by atoms with Crippen LogP contribution < -0.4 is 5.32 Å². The Kier molecular flexibility index (Phi) is 4.37. The third kappa shape index (κ3) is 2.87. The molecule has 0 saturated carbocycles. The van der Waals surface area contributed by atoms with Gasteiger partial charge >= 0.3 is 0 Å². The van der Waals surface area contributed by atoms with Gasteiger partial charge in [0.05, 0.1) is 0 Å². The number of nitrogens with zero attached hydrogens (tertiary/aromatic N) is 2. The smallest absolute Gasteiger partial charge is 0.244 e. The predicted octanol–water partition coefficient (Wildman–Crippen LogP) is 2.97. The molecule has 5 heteroatoms. The summed E-state index contributed by atoms with van der Waals surface area (Å²) in [5, 5.41) is 6.34. The molecule has 102 valence electrons. The van der Waals surface area contributed by atoms with Crippen LogP contribution in [0.2, 0.25) is 0 Å². The molecule has 2 aromatic rings. The third-order valence-electron chi connectivity index (χ3n) is 3.18. The van der Waals surface area contributed by atoms with Crippen molar-refractivity contribution in [3.8, 4) is 0 Å². The van der Waals surface area contributed by atoms with Crippen LogP contribution in [-0.4, -0.2) is 34.9 Å². The molecular formula is C14H19N3OS. The molecule has 4 nitrogen and oxygen atoms in total. The molecule has 0 aliphatic heterocycles. The van der Waals surface area contributed by atoms with Crippen molar-refractivity contribution in [1.82, 2.24) is 9.88 Å². The minimum Gasteiger partial charge on any atom is -0.358 e. The number of nitrogens with one attached hydrogen (secondary N) is 1. The van der Waals surface area contributed by atoms with Crippen LogP contribution in [0.15, 0.2) is 23.7 Å². The summed E-state index contributed by atoms with van der Waals surface area (Å²) in [5.74, 6) is 0.894. The summed E-state index contributed by atoms with van der Waals surface area (Å²) in [6.07, 6.45) is 1.77. The number of pyridine rings is 1. The molecule has 0 aliphatic carbocycles. The van der Waals surface area contributed by atoms with E-state index in [4.69, 9.17) is 0 Å². The fourth-order valence-corrected chi connectivity index (χ4v) is 2.87. The summed E-state index contributed by atoms with van der Waals surface area (Å²) in [4.78, 5) is 18.4. The summed E-state index contributed by atoms with van der Waals surface area (Å²) in [5.41, 5.74) is 0. The van der Waals surface area contributed by atoms with Gasteiger partial charge in [0.2, 0.25) is 5.91 Å². The molecule has 1 unspecified atom stereocenters. The Hall–Kier alpha value is -1.62. The van der Waals surface area contributed by atoms with Crippen molar-refractivity contribution < 1.29 is 4.79 Å². The molecule has 0 aromatic carbocycles. The largest absolute Gasteiger partial charge is 0.358 e. The fourth-order valence-electron chi connectivity index (χ4n) is 2.09. The van der Waals surface area contributed by atoms with E-state index in [1.807, 2.05) is 43.2 Å². The molecule has 2 rings (SSSR count). The van der Waals surface area contributed by atoms with E-state index in [9.17, 15) is 4.79 Å². The molecule has 0 fully saturated rings. The molecule has 1 N–H and O–H groups in total. The molecule has 0 saturated heterocycles. The number of hydrogen-bond acceptors (Lipinski definition) is 4. The zero-order valence-electron chi connectivity index (χ0n) is 11.5. The maximum absolute atomic E-state index is 12.2. The van der Waals surface area contributed by atoms with Gasteiger partial charge in [0.15, 0.2) is 0 Å². The normalized spacial score (nSPS) is 12.4. The average molecular weight is 277 g/mol. The van der Waals surface area contributed by atoms with Gasteiger partial charge in [0.1, 0.15) is 11.9 Å². The standard InChI is InChI=1S/C14H19N3OS/c1-4-17(5-2)14(18)10(3)16-13-11-7-9-19-12(11)6-8-15-13/h6-10H,4-5H2,1-3H3,(H,15,16). The number of likely N-dealkylation sites (N-methyl/N-ethyl adjacent to an activating group) is 1. The number of aromatic nitrogens is 1. The number of carbonyl (C=O) groups excluding carboxylic acids is 1. The predicted molar refractivity (Wildman–Crippen MR) is 80.6 cm³/mol. The molecule has 19 heavy (non-hydrogen) atoms. The van der Waals surface area contributed by atoms with Gasteiger partial charge in [0, 0.05) is 29.4 Å². The van der Waals surface area contributed by atoms with Gasteiger partial charge in [-0.25, -0.2) is 4.98 Å². The Morgan fingerprint density at radius 3 is 2.84 bits per heavy atom. The van der Waals surface area contributed by atoms with E-state index < -0.39 is 0 Å². The van der Waals surface area contributed by atoms with Gasteiger partial charge in [-0.2, -0.15) is 0 Å². The van der Waals surface area contributed by atoms with E-state index in [1.165, 1.54) is 4.70 Å². The first-order chi connectivity index (χ1) is 9.17. The molecule has 2 heterocycles. The second-order valence-electron chi connectivity index (χ2n) is 4.37. The zero-order chi connectivity index (χ0) is 13.8. The number of hydrogen-bond donors (Lipinski definition) is 1. The lowest BCUT2D eigenvalue weighted by atomic mass is 10.2. The lowest BCUT2D eigenvalue weighted by molar-refractivity contribution is -0.131. The maximum atomic E-state index is 12.2. The molecule has 0 spiro atoms. The van der Waals surface area contributed by atoms with Crippen LogP contribution in [0.3, 0.4) is 0 Å². The first-order valence-electron chi connectivity index (χ1n) is 6.54. The second-order valence-corrected chi connectivity index (χ2v) is 5.32. The molecule has 0 radical (unpaired) electrons. The monoisotopic (exact) mass is 277 g/mol. The average Bonchev–Trinajstić information content (AvgIpc) is 2.89. The van der Waals surface area contributed by atoms with Crippen LogP contribution in [-0.2, 0) is 4.79 Å². The summed E-state index contributed by atoms with van der Waals surface area (Å²) in [6.45, 7) is 7.33. The van der Waals surface area contributed by atoms with E-state index in [-0.39, 0.29) is 11.9 Å². The molecule has 2 aromatic heterocycles. The van der Waals surface area contributed by atoms with Crippen molar-refractivity contribution >= 4 is 33.1 Å². The highest BCUT2D eigenvalue weighted by Gasteiger charge is 2.19. The first-order valence-corrected chi connectivity index (χ1v) is 7.42. The summed E-state index contributed by atoms with van der Waals surface area (Å²) in [6, 6.07) is 3.75. The van der Waals surface area contributed by atoms with Crippen molar-refractivity contribution in [3.05, 3.63) is 23.7 Å². The number of rotatable bonds is 5. The topological polar surface area (TPSA) is 45.2 Å². The van der Waals surface area contributed by atoms with E-state index >= 15 is 0 Å². The SMILES string of the molecule is CCN(CC)C(=O)C(C)Nc1nccc2sccc12. The molecular weight excluding hydrogens is 258 g/mol. The highest BCUT2D eigenvalue weighted by atomic mass is 32.1. The van der Waals surface area contributed by atoms with Gasteiger partial charge in [-0.15, -0.1) is 11.3 Å². The van der Waals surface area contributed by atoms with Crippen LogP contribution in [0.5, 0.6) is 0 Å². The minimum atomic E-state index is -0.266. The third-order valence-corrected chi connectivity index (χ3v) is 4.06. The van der Waals surface area contributed by atoms with Crippen LogP contribution in [0.4, 0.5) is 5.82 Å². The van der Waals surface area contributed by atoms with Gasteiger partial charge in [0.25, 0.3) is 0 Å². The molecule has 0 aliphatic rings. The first kappa shape index (κ1) is 13.8. The van der Waals surface area contributed by atoms with Crippen molar-refractivity contribution in [2.24, 2.45) is 0 Å². The van der Waals surface area contributed by atoms with Gasteiger partial charge < -0.3 is 10.2 Å². The highest BCUT2D eigenvalue weighted by molar-refractivity contribution is 7.17. The number of thiophene rings is 1. The van der Waals surface area contributed by atoms with Crippen LogP contribution in [0.1, 0.15) is 20.8 Å². The van der Waals surface area contributed by atoms with Gasteiger partial charge in [-0.05, 0) is 38.3 Å². The van der Waals surface area contributed by atoms with Crippen molar-refractivity contribution in [2.75, 3.05) is 18.4 Å². The fraction of sp³-hybridized carbons (Fsp3) is 0.429. The van der Waals surface area contributed by atoms with Crippen molar-refractivity contribution in [2.45, 2.75) is 26.8 Å². The van der Waals surface area contributed by atoms with E-state index in [0.717, 1.165) is 24.3 Å². The van der Waals surface area contributed by atoms with E-state index in [2.05, 4.69) is 10.3 Å². The van der Waals surface area contributed by atoms with E-state index in [0.29, 0.717) is 0 Å². The van der Waals surface area contributed by atoms with Crippen molar-refractivity contribution in [1.29, 1.82) is 0 Å². The number of amides is 1. The number of carbonyl (C=O) groups is 1. The van der Waals surface area contributed by atoms with Crippen LogP contribution in [0.25, 0.3) is 10.1 Å². The Morgan fingerprint density at radius 2 is 2.16 bits per heavy atom. The van der Waals surface area contributed by atoms with Gasteiger partial charge in [-0.3, -0.25) is 4.79 Å². The Morgan fingerprint density at radius 1 is 1.42 bits per heavy atom. The second kappa shape index (κ2) is 6.02. The molecule has 0 bridgehead atoms.